The molecule has 1 aromatic rings. The van der Waals surface area contributed by atoms with E-state index < -0.39 is 5.97 Å². The predicted octanol–water partition coefficient (Wildman–Crippen LogP) is 1.88. The second-order valence-electron chi connectivity index (χ2n) is 3.81. The van der Waals surface area contributed by atoms with Crippen molar-refractivity contribution in [3.05, 3.63) is 35.7 Å². The van der Waals surface area contributed by atoms with Gasteiger partial charge in [-0.3, -0.25) is 9.79 Å². The van der Waals surface area contributed by atoms with E-state index in [2.05, 4.69) is 9.73 Å². The van der Waals surface area contributed by atoms with Crippen molar-refractivity contribution in [2.24, 2.45) is 4.99 Å². The number of methoxy groups -OCH3 is 1. The Hall–Kier alpha value is -2.17. The average Bonchev–Trinajstić information content (AvgIpc) is 2.86. The lowest BCUT2D eigenvalue weighted by atomic mass is 10.1. The Morgan fingerprint density at radius 2 is 2.21 bits per heavy atom. The largest absolute Gasteiger partial charge is 0.464 e. The summed E-state index contributed by atoms with van der Waals surface area (Å²) in [5, 5.41) is 0. The fourth-order valence-corrected chi connectivity index (χ4v) is 1.59. The van der Waals surface area contributed by atoms with Gasteiger partial charge in [0.1, 0.15) is 5.69 Å². The fraction of sp³-hybridized carbons (Fsp3) is 0.357. The lowest BCUT2D eigenvalue weighted by Crippen LogP contribution is -2.17. The van der Waals surface area contributed by atoms with E-state index in [1.807, 2.05) is 6.92 Å². The molecule has 5 heteroatoms. The molecular weight excluding hydrogens is 244 g/mol. The first-order valence-corrected chi connectivity index (χ1v) is 6.06. The van der Waals surface area contributed by atoms with E-state index in [9.17, 15) is 9.59 Å². The van der Waals surface area contributed by atoms with Gasteiger partial charge in [-0.25, -0.2) is 4.79 Å². The molecule has 19 heavy (non-hydrogen) atoms. The van der Waals surface area contributed by atoms with Crippen molar-refractivity contribution in [3.8, 4) is 0 Å². The highest BCUT2D eigenvalue weighted by atomic mass is 16.5. The Labute approximate surface area is 112 Å². The minimum Gasteiger partial charge on any atom is -0.464 e. The maximum absolute atomic E-state index is 12.1. The molecule has 0 saturated heterocycles. The fourth-order valence-electron chi connectivity index (χ4n) is 1.59. The van der Waals surface area contributed by atoms with Gasteiger partial charge in [0.15, 0.2) is 5.78 Å². The van der Waals surface area contributed by atoms with E-state index in [4.69, 9.17) is 0 Å². The van der Waals surface area contributed by atoms with Crippen molar-refractivity contribution in [2.45, 2.75) is 20.4 Å². The molecule has 5 nitrogen and oxygen atoms in total. The summed E-state index contributed by atoms with van der Waals surface area (Å²) in [5.74, 6) is -0.553. The van der Waals surface area contributed by atoms with Gasteiger partial charge in [-0.2, -0.15) is 0 Å². The third-order valence-electron chi connectivity index (χ3n) is 2.58. The third kappa shape index (κ3) is 3.91. The van der Waals surface area contributed by atoms with E-state index in [1.165, 1.54) is 7.11 Å². The zero-order valence-corrected chi connectivity index (χ0v) is 11.4. The molecule has 0 aliphatic carbocycles. The van der Waals surface area contributed by atoms with Gasteiger partial charge in [-0.05, 0) is 26.0 Å². The maximum atomic E-state index is 12.1. The van der Waals surface area contributed by atoms with Gasteiger partial charge in [0.25, 0.3) is 0 Å². The predicted molar refractivity (Wildman–Crippen MR) is 73.6 cm³/mol. The first kappa shape index (κ1) is 14.9. The number of ether oxygens (including phenoxy) is 1. The van der Waals surface area contributed by atoms with Gasteiger partial charge in [-0.15, -0.1) is 0 Å². The highest BCUT2D eigenvalue weighted by Gasteiger charge is 2.14. The Balaban J connectivity index is 2.85. The number of Topliss-reactive ketones (excluding diaryl/α,β-unsaturated/α-hetero) is 1. The van der Waals surface area contributed by atoms with Gasteiger partial charge < -0.3 is 9.30 Å². The summed E-state index contributed by atoms with van der Waals surface area (Å²) in [4.78, 5) is 27.6. The second kappa shape index (κ2) is 7.31. The number of carbonyl (C=O) groups is 2. The highest BCUT2D eigenvalue weighted by Crippen LogP contribution is 2.06. The quantitative estimate of drug-likeness (QED) is 0.447. The number of rotatable bonds is 6. The topological polar surface area (TPSA) is 60.7 Å². The van der Waals surface area contributed by atoms with Crippen LogP contribution in [0.4, 0.5) is 0 Å². The Bertz CT molecular complexity index is 513. The molecule has 102 valence electrons. The van der Waals surface area contributed by atoms with Crippen LogP contribution >= 0.6 is 0 Å². The summed E-state index contributed by atoms with van der Waals surface area (Å²) in [6.07, 6.45) is 4.95. The van der Waals surface area contributed by atoms with E-state index in [1.54, 1.807) is 42.1 Å². The number of allylic oxidation sites excluding steroid dienone is 2. The molecule has 0 aromatic carbocycles. The van der Waals surface area contributed by atoms with E-state index >= 15 is 0 Å². The standard InChI is InChI=1S/C14H18N2O3/c1-4-11(9-15-5-2)13(17)10-16-8-6-7-12(16)14(18)19-3/h4,6-9H,5,10H2,1-3H3/b11-4+,15-9?. The number of nitrogens with zero attached hydrogens (tertiary/aromatic N) is 2. The van der Waals surface area contributed by atoms with Crippen LogP contribution < -0.4 is 0 Å². The number of aliphatic imine (C=N–C) groups is 1. The van der Waals surface area contributed by atoms with Crippen LogP contribution in [0, 0.1) is 0 Å². The molecular formula is C14H18N2O3. The maximum Gasteiger partial charge on any atom is 0.354 e. The summed E-state index contributed by atoms with van der Waals surface area (Å²) >= 11 is 0. The first-order valence-electron chi connectivity index (χ1n) is 6.06. The highest BCUT2D eigenvalue weighted by molar-refractivity contribution is 6.13. The monoisotopic (exact) mass is 262 g/mol. The molecule has 0 radical (unpaired) electrons. The lowest BCUT2D eigenvalue weighted by Gasteiger charge is -2.07. The number of ketones is 1. The molecule has 1 rings (SSSR count). The van der Waals surface area contributed by atoms with Crippen LogP contribution in [0.25, 0.3) is 0 Å². The zero-order chi connectivity index (χ0) is 14.3. The number of hydrogen-bond donors (Lipinski definition) is 0. The minimum atomic E-state index is -0.456. The molecule has 0 N–H and O–H groups in total. The van der Waals surface area contributed by atoms with Crippen LogP contribution in [0.15, 0.2) is 35.0 Å². The Morgan fingerprint density at radius 1 is 1.47 bits per heavy atom. The number of aromatic nitrogens is 1. The van der Waals surface area contributed by atoms with Crippen LogP contribution in [0.3, 0.4) is 0 Å². The average molecular weight is 262 g/mol. The van der Waals surface area contributed by atoms with E-state index in [0.717, 1.165) is 0 Å². The van der Waals surface area contributed by atoms with Crippen LogP contribution in [0.2, 0.25) is 0 Å². The smallest absolute Gasteiger partial charge is 0.354 e. The van der Waals surface area contributed by atoms with Crippen molar-refractivity contribution in [1.82, 2.24) is 4.57 Å². The summed E-state index contributed by atoms with van der Waals surface area (Å²) in [7, 11) is 1.31. The summed E-state index contributed by atoms with van der Waals surface area (Å²) in [5.41, 5.74) is 0.894. The zero-order valence-electron chi connectivity index (χ0n) is 11.4. The van der Waals surface area contributed by atoms with Gasteiger partial charge in [0, 0.05) is 24.5 Å². The molecule has 0 fully saturated rings. The lowest BCUT2D eigenvalue weighted by molar-refractivity contribution is -0.115. The van der Waals surface area contributed by atoms with E-state index in [0.29, 0.717) is 17.8 Å². The van der Waals surface area contributed by atoms with Crippen molar-refractivity contribution in [3.63, 3.8) is 0 Å². The molecule has 0 unspecified atom stereocenters. The van der Waals surface area contributed by atoms with Gasteiger partial charge in [0.05, 0.1) is 13.7 Å². The van der Waals surface area contributed by atoms with Crippen molar-refractivity contribution in [1.29, 1.82) is 0 Å². The molecule has 0 saturated carbocycles. The minimum absolute atomic E-state index is 0.0901. The van der Waals surface area contributed by atoms with Crippen LogP contribution in [0.1, 0.15) is 24.3 Å². The number of carbonyl (C=O) groups excluding carboxylic acids is 2. The summed E-state index contributed by atoms with van der Waals surface area (Å²) in [6, 6.07) is 3.32. The SMILES string of the molecule is C/C=C(\C=NCC)C(=O)Cn1cccc1C(=O)OC. The molecule has 0 bridgehead atoms. The second-order valence-corrected chi connectivity index (χ2v) is 3.81. The number of hydrogen-bond acceptors (Lipinski definition) is 4. The molecule has 0 aliphatic heterocycles. The molecule has 0 atom stereocenters. The van der Waals surface area contributed by atoms with E-state index in [-0.39, 0.29) is 12.3 Å². The van der Waals surface area contributed by atoms with Crippen LogP contribution in [-0.4, -0.2) is 36.2 Å². The van der Waals surface area contributed by atoms with Crippen molar-refractivity contribution < 1.29 is 14.3 Å². The van der Waals surface area contributed by atoms with Gasteiger partial charge in [-0.1, -0.05) is 6.08 Å². The van der Waals surface area contributed by atoms with Gasteiger partial charge >= 0.3 is 5.97 Å². The molecule has 0 aliphatic rings. The number of esters is 1. The summed E-state index contributed by atoms with van der Waals surface area (Å²) < 4.78 is 6.22. The van der Waals surface area contributed by atoms with Crippen LogP contribution in [-0.2, 0) is 16.1 Å². The Kier molecular flexibility index (Phi) is 5.73. The molecule has 1 heterocycles. The third-order valence-corrected chi connectivity index (χ3v) is 2.58. The Morgan fingerprint density at radius 3 is 2.79 bits per heavy atom. The van der Waals surface area contributed by atoms with Crippen molar-refractivity contribution >= 4 is 18.0 Å². The van der Waals surface area contributed by atoms with Gasteiger partial charge in [0.2, 0.25) is 0 Å². The normalized spacial score (nSPS) is 11.8. The molecule has 1 aromatic heterocycles. The van der Waals surface area contributed by atoms with Crippen LogP contribution in [0.5, 0.6) is 0 Å². The van der Waals surface area contributed by atoms with Crippen molar-refractivity contribution in [2.75, 3.05) is 13.7 Å². The first-order chi connectivity index (χ1) is 9.13. The molecule has 0 spiro atoms. The molecule has 0 amide bonds. The summed E-state index contributed by atoms with van der Waals surface area (Å²) in [6.45, 7) is 4.40.